The van der Waals surface area contributed by atoms with Crippen molar-refractivity contribution in [1.82, 2.24) is 14.9 Å². The van der Waals surface area contributed by atoms with Crippen LogP contribution >= 0.6 is 0 Å². The summed E-state index contributed by atoms with van der Waals surface area (Å²) in [6.07, 6.45) is 1.82. The molecule has 0 aliphatic rings. The van der Waals surface area contributed by atoms with Gasteiger partial charge in [0, 0.05) is 0 Å². The third kappa shape index (κ3) is 4.04. The molecule has 3 aromatic rings. The lowest BCUT2D eigenvalue weighted by molar-refractivity contribution is -0.109. The molecule has 0 aliphatic heterocycles. The van der Waals surface area contributed by atoms with Gasteiger partial charge in [-0.05, 0) is 42.2 Å². The van der Waals surface area contributed by atoms with E-state index in [1.54, 1.807) is 0 Å². The lowest BCUT2D eigenvalue weighted by atomic mass is 9.99. The number of carbonyl (C=O) groups excluding carboxylic acids is 1. The standard InChI is InChI=1S/C21H25N3O2/c1-3-16(2)17-8-10-18(11-9-17)26-13-12-24-20-7-5-4-6-19(20)23-21(24)14-22-15-25/h4-11,15-16H,3,12-14H2,1-2H3,(H,22,25)/t16-/m0/s1. The number of nitrogens with zero attached hydrogens (tertiary/aromatic N) is 2. The number of carbonyl (C=O) groups is 1. The van der Waals surface area contributed by atoms with Crippen LogP contribution in [0.15, 0.2) is 48.5 Å². The fraction of sp³-hybridized carbons (Fsp3) is 0.333. The minimum Gasteiger partial charge on any atom is -0.492 e. The molecule has 0 fully saturated rings. The molecule has 0 radical (unpaired) electrons. The summed E-state index contributed by atoms with van der Waals surface area (Å²) >= 11 is 0. The molecule has 1 atom stereocenters. The van der Waals surface area contributed by atoms with Gasteiger partial charge in [0.25, 0.3) is 0 Å². The highest BCUT2D eigenvalue weighted by Gasteiger charge is 2.10. The smallest absolute Gasteiger partial charge is 0.207 e. The third-order valence-corrected chi connectivity index (χ3v) is 4.72. The zero-order valence-electron chi connectivity index (χ0n) is 15.3. The highest BCUT2D eigenvalue weighted by molar-refractivity contribution is 5.75. The second-order valence-corrected chi connectivity index (χ2v) is 6.39. The molecule has 5 nitrogen and oxygen atoms in total. The average Bonchev–Trinajstić information content (AvgIpc) is 3.04. The predicted octanol–water partition coefficient (Wildman–Crippen LogP) is 3.87. The Hall–Kier alpha value is -2.82. The van der Waals surface area contributed by atoms with E-state index in [2.05, 4.69) is 40.8 Å². The Morgan fingerprint density at radius 3 is 2.69 bits per heavy atom. The van der Waals surface area contributed by atoms with Gasteiger partial charge in [0.15, 0.2) is 0 Å². The molecular weight excluding hydrogens is 326 g/mol. The van der Waals surface area contributed by atoms with E-state index in [1.807, 2.05) is 36.4 Å². The molecule has 1 amide bonds. The van der Waals surface area contributed by atoms with Crippen LogP contribution in [0.5, 0.6) is 5.75 Å². The van der Waals surface area contributed by atoms with Gasteiger partial charge in [-0.2, -0.15) is 0 Å². The van der Waals surface area contributed by atoms with Gasteiger partial charge in [-0.1, -0.05) is 38.1 Å². The molecule has 0 saturated heterocycles. The summed E-state index contributed by atoms with van der Waals surface area (Å²) < 4.78 is 8.01. The third-order valence-electron chi connectivity index (χ3n) is 4.72. The second-order valence-electron chi connectivity index (χ2n) is 6.39. The second kappa shape index (κ2) is 8.52. The van der Waals surface area contributed by atoms with E-state index in [0.29, 0.717) is 32.0 Å². The summed E-state index contributed by atoms with van der Waals surface area (Å²) in [5, 5.41) is 2.69. The first-order valence-corrected chi connectivity index (χ1v) is 9.07. The first-order chi connectivity index (χ1) is 12.7. The van der Waals surface area contributed by atoms with Crippen LogP contribution in [0.25, 0.3) is 11.0 Å². The lowest BCUT2D eigenvalue weighted by Crippen LogP contribution is -2.17. The number of para-hydroxylation sites is 2. The number of rotatable bonds is 9. The largest absolute Gasteiger partial charge is 0.492 e. The van der Waals surface area contributed by atoms with Gasteiger partial charge in [-0.3, -0.25) is 4.79 Å². The molecule has 0 saturated carbocycles. The molecule has 1 aromatic heterocycles. The number of aromatic nitrogens is 2. The molecular formula is C21H25N3O2. The minimum atomic E-state index is 0.405. The molecule has 0 bridgehead atoms. The Kier molecular flexibility index (Phi) is 5.89. The van der Waals surface area contributed by atoms with Crippen LogP contribution in [0.3, 0.4) is 0 Å². The van der Waals surface area contributed by atoms with Crippen molar-refractivity contribution in [2.75, 3.05) is 6.61 Å². The van der Waals surface area contributed by atoms with Crippen molar-refractivity contribution in [3.05, 3.63) is 59.9 Å². The van der Waals surface area contributed by atoms with E-state index in [-0.39, 0.29) is 0 Å². The maximum Gasteiger partial charge on any atom is 0.207 e. The maximum absolute atomic E-state index is 10.6. The van der Waals surface area contributed by atoms with Crippen molar-refractivity contribution < 1.29 is 9.53 Å². The van der Waals surface area contributed by atoms with Crippen LogP contribution in [-0.2, 0) is 17.9 Å². The van der Waals surface area contributed by atoms with E-state index >= 15 is 0 Å². The quantitative estimate of drug-likeness (QED) is 0.595. The van der Waals surface area contributed by atoms with Crippen molar-refractivity contribution in [3.8, 4) is 5.75 Å². The Balaban J connectivity index is 1.68. The first kappa shape index (κ1) is 18.0. The summed E-state index contributed by atoms with van der Waals surface area (Å²) in [4.78, 5) is 15.2. The molecule has 26 heavy (non-hydrogen) atoms. The SMILES string of the molecule is CC[C@H](C)c1ccc(OCCn2c(CNC=O)nc3ccccc32)cc1. The maximum atomic E-state index is 10.6. The molecule has 0 aliphatic carbocycles. The first-order valence-electron chi connectivity index (χ1n) is 9.07. The van der Waals surface area contributed by atoms with Gasteiger partial charge in [0.05, 0.1) is 24.1 Å². The Labute approximate surface area is 154 Å². The van der Waals surface area contributed by atoms with Gasteiger partial charge in [-0.15, -0.1) is 0 Å². The number of imidazole rings is 1. The van der Waals surface area contributed by atoms with Crippen molar-refractivity contribution in [1.29, 1.82) is 0 Å². The molecule has 0 unspecified atom stereocenters. The highest BCUT2D eigenvalue weighted by Crippen LogP contribution is 2.22. The lowest BCUT2D eigenvalue weighted by Gasteiger charge is -2.12. The zero-order chi connectivity index (χ0) is 18.4. The van der Waals surface area contributed by atoms with Gasteiger partial charge in [0.2, 0.25) is 6.41 Å². The number of nitrogens with one attached hydrogen (secondary N) is 1. The topological polar surface area (TPSA) is 56.1 Å². The average molecular weight is 351 g/mol. The van der Waals surface area contributed by atoms with Crippen LogP contribution < -0.4 is 10.1 Å². The summed E-state index contributed by atoms with van der Waals surface area (Å²) in [7, 11) is 0. The number of benzene rings is 2. The van der Waals surface area contributed by atoms with Crippen LogP contribution in [0.4, 0.5) is 0 Å². The number of amides is 1. The molecule has 0 spiro atoms. The Bertz CT molecular complexity index is 855. The summed E-state index contributed by atoms with van der Waals surface area (Å²) in [5.74, 6) is 2.26. The van der Waals surface area contributed by atoms with E-state index in [4.69, 9.17) is 4.74 Å². The van der Waals surface area contributed by atoms with Gasteiger partial charge in [0.1, 0.15) is 18.2 Å². The van der Waals surface area contributed by atoms with Crippen molar-refractivity contribution >= 4 is 17.4 Å². The fourth-order valence-corrected chi connectivity index (χ4v) is 3.03. The molecule has 3 rings (SSSR count). The number of ether oxygens (including phenoxy) is 1. The monoisotopic (exact) mass is 351 g/mol. The van der Waals surface area contributed by atoms with Crippen LogP contribution in [0, 0.1) is 0 Å². The van der Waals surface area contributed by atoms with E-state index in [1.165, 1.54) is 5.56 Å². The van der Waals surface area contributed by atoms with Crippen molar-refractivity contribution in [2.24, 2.45) is 0 Å². The van der Waals surface area contributed by atoms with Crippen LogP contribution in [0.2, 0.25) is 0 Å². The highest BCUT2D eigenvalue weighted by atomic mass is 16.5. The van der Waals surface area contributed by atoms with E-state index in [0.717, 1.165) is 29.0 Å². The fourth-order valence-electron chi connectivity index (χ4n) is 3.03. The normalized spacial score (nSPS) is 12.1. The number of hydrogen-bond donors (Lipinski definition) is 1. The van der Waals surface area contributed by atoms with Gasteiger partial charge < -0.3 is 14.6 Å². The van der Waals surface area contributed by atoms with Crippen LogP contribution in [-0.4, -0.2) is 22.6 Å². The summed E-state index contributed by atoms with van der Waals surface area (Å²) in [6.45, 7) is 6.04. The molecule has 1 N–H and O–H groups in total. The molecule has 1 heterocycles. The predicted molar refractivity (Wildman–Crippen MR) is 103 cm³/mol. The number of hydrogen-bond acceptors (Lipinski definition) is 3. The van der Waals surface area contributed by atoms with E-state index < -0.39 is 0 Å². The number of fused-ring (bicyclic) bond motifs is 1. The summed E-state index contributed by atoms with van der Waals surface area (Å²) in [5.41, 5.74) is 3.31. The Morgan fingerprint density at radius 1 is 1.19 bits per heavy atom. The van der Waals surface area contributed by atoms with Gasteiger partial charge in [-0.25, -0.2) is 4.98 Å². The van der Waals surface area contributed by atoms with Crippen molar-refractivity contribution in [3.63, 3.8) is 0 Å². The zero-order valence-corrected chi connectivity index (χ0v) is 15.3. The molecule has 5 heteroatoms. The molecule has 136 valence electrons. The molecule has 2 aromatic carbocycles. The van der Waals surface area contributed by atoms with Crippen LogP contribution in [0.1, 0.15) is 37.6 Å². The van der Waals surface area contributed by atoms with Gasteiger partial charge >= 0.3 is 0 Å². The summed E-state index contributed by atoms with van der Waals surface area (Å²) in [6, 6.07) is 16.3. The minimum absolute atomic E-state index is 0.405. The van der Waals surface area contributed by atoms with E-state index in [9.17, 15) is 4.79 Å². The Morgan fingerprint density at radius 2 is 1.96 bits per heavy atom. The van der Waals surface area contributed by atoms with Crippen molar-refractivity contribution in [2.45, 2.75) is 39.3 Å².